The average molecular weight is 298 g/mol. The predicted octanol–water partition coefficient (Wildman–Crippen LogP) is 3.88. The van der Waals surface area contributed by atoms with Crippen molar-refractivity contribution in [3.05, 3.63) is 59.7 Å². The van der Waals surface area contributed by atoms with Gasteiger partial charge in [0.2, 0.25) is 0 Å². The van der Waals surface area contributed by atoms with Gasteiger partial charge < -0.3 is 4.74 Å². The molecule has 3 nitrogen and oxygen atoms in total. The molecule has 0 heterocycles. The van der Waals surface area contributed by atoms with Crippen molar-refractivity contribution >= 4 is 31.0 Å². The molecule has 0 unspecified atom stereocenters. The average Bonchev–Trinajstić information content (AvgIpc) is 2.53. The maximum Gasteiger partial charge on any atom is 0.338 e. The predicted molar refractivity (Wildman–Crippen MR) is 85.9 cm³/mol. The minimum absolute atomic E-state index is 0.374. The molecule has 2 rings (SSSR count). The standard InChI is InChI=1S/C17H14O3S/c1-3-11-7-8-13(12(9-11)10-18)16-14(17(19)20-2)5-4-6-15(16)21/h3-10,21H,1H2,2H3. The van der Waals surface area contributed by atoms with E-state index in [0.29, 0.717) is 27.1 Å². The van der Waals surface area contributed by atoms with Crippen LogP contribution in [0.1, 0.15) is 26.3 Å². The van der Waals surface area contributed by atoms with Crippen LogP contribution in [-0.4, -0.2) is 19.4 Å². The monoisotopic (exact) mass is 298 g/mol. The highest BCUT2D eigenvalue weighted by molar-refractivity contribution is 7.80. The second-order valence-electron chi connectivity index (χ2n) is 4.36. The van der Waals surface area contributed by atoms with Crippen LogP contribution in [0.3, 0.4) is 0 Å². The molecule has 0 saturated carbocycles. The van der Waals surface area contributed by atoms with E-state index in [1.54, 1.807) is 36.4 Å². The van der Waals surface area contributed by atoms with Gasteiger partial charge in [0.1, 0.15) is 0 Å². The summed E-state index contributed by atoms with van der Waals surface area (Å²) in [6.45, 7) is 3.68. The van der Waals surface area contributed by atoms with Gasteiger partial charge in [-0.2, -0.15) is 0 Å². The molecular weight excluding hydrogens is 284 g/mol. The SMILES string of the molecule is C=Cc1ccc(-c2c(S)cccc2C(=O)OC)c(C=O)c1. The molecule has 0 aliphatic rings. The first-order chi connectivity index (χ1) is 10.1. The lowest BCUT2D eigenvalue weighted by Gasteiger charge is -2.13. The molecule has 0 aromatic heterocycles. The van der Waals surface area contributed by atoms with Crippen molar-refractivity contribution in [2.75, 3.05) is 7.11 Å². The Morgan fingerprint density at radius 1 is 1.29 bits per heavy atom. The van der Waals surface area contributed by atoms with E-state index in [2.05, 4.69) is 19.2 Å². The van der Waals surface area contributed by atoms with Crippen LogP contribution in [0.25, 0.3) is 17.2 Å². The lowest BCUT2D eigenvalue weighted by Crippen LogP contribution is -2.05. The molecule has 0 radical (unpaired) electrons. The first-order valence-electron chi connectivity index (χ1n) is 6.24. The number of thiol groups is 1. The molecule has 2 aromatic carbocycles. The molecule has 0 atom stereocenters. The third-order valence-electron chi connectivity index (χ3n) is 3.16. The molecule has 4 heteroatoms. The molecule has 0 saturated heterocycles. The summed E-state index contributed by atoms with van der Waals surface area (Å²) in [4.78, 5) is 23.9. The number of esters is 1. The van der Waals surface area contributed by atoms with Gasteiger partial charge >= 0.3 is 5.97 Å². The zero-order valence-corrected chi connectivity index (χ0v) is 12.4. The minimum Gasteiger partial charge on any atom is -0.465 e. The third kappa shape index (κ3) is 2.90. The van der Waals surface area contributed by atoms with Gasteiger partial charge in [-0.25, -0.2) is 4.79 Å². The van der Waals surface area contributed by atoms with Crippen LogP contribution in [0.5, 0.6) is 0 Å². The first kappa shape index (κ1) is 15.1. The van der Waals surface area contributed by atoms with E-state index in [-0.39, 0.29) is 0 Å². The number of carbonyl (C=O) groups excluding carboxylic acids is 2. The summed E-state index contributed by atoms with van der Waals surface area (Å²) in [6, 6.07) is 10.5. The Labute approximate surface area is 128 Å². The summed E-state index contributed by atoms with van der Waals surface area (Å²) < 4.78 is 4.79. The van der Waals surface area contributed by atoms with E-state index in [1.165, 1.54) is 7.11 Å². The summed E-state index contributed by atoms with van der Waals surface area (Å²) >= 11 is 4.40. The normalized spacial score (nSPS) is 10.0. The minimum atomic E-state index is -0.467. The van der Waals surface area contributed by atoms with Crippen molar-refractivity contribution in [3.8, 4) is 11.1 Å². The van der Waals surface area contributed by atoms with Gasteiger partial charge in [0.15, 0.2) is 6.29 Å². The second kappa shape index (κ2) is 6.41. The molecule has 0 N–H and O–H groups in total. The Kier molecular flexibility index (Phi) is 4.60. The topological polar surface area (TPSA) is 43.4 Å². The molecule has 106 valence electrons. The van der Waals surface area contributed by atoms with Crippen LogP contribution in [0.2, 0.25) is 0 Å². The number of carbonyl (C=O) groups is 2. The van der Waals surface area contributed by atoms with Gasteiger partial charge in [-0.15, -0.1) is 12.6 Å². The van der Waals surface area contributed by atoms with Gasteiger partial charge in [-0.05, 0) is 29.3 Å². The molecule has 0 amide bonds. The fraction of sp³-hybridized carbons (Fsp3) is 0.0588. The zero-order chi connectivity index (χ0) is 15.4. The molecule has 0 aliphatic carbocycles. The summed E-state index contributed by atoms with van der Waals surface area (Å²) in [6.07, 6.45) is 2.41. The Bertz CT molecular complexity index is 720. The van der Waals surface area contributed by atoms with Crippen LogP contribution in [0, 0.1) is 0 Å². The Morgan fingerprint density at radius 2 is 2.05 bits per heavy atom. The number of hydrogen-bond acceptors (Lipinski definition) is 4. The fourth-order valence-corrected chi connectivity index (χ4v) is 2.46. The molecular formula is C17H14O3S. The first-order valence-corrected chi connectivity index (χ1v) is 6.69. The van der Waals surface area contributed by atoms with Gasteiger partial charge in [0.25, 0.3) is 0 Å². The van der Waals surface area contributed by atoms with E-state index >= 15 is 0 Å². The molecule has 0 fully saturated rings. The van der Waals surface area contributed by atoms with E-state index in [0.717, 1.165) is 11.8 Å². The highest BCUT2D eigenvalue weighted by Crippen LogP contribution is 2.33. The summed E-state index contributed by atoms with van der Waals surface area (Å²) in [5, 5.41) is 0. The van der Waals surface area contributed by atoms with Gasteiger partial charge in [-0.3, -0.25) is 4.79 Å². The fourth-order valence-electron chi connectivity index (χ4n) is 2.14. The maximum atomic E-state index is 11.9. The molecule has 0 aliphatic heterocycles. The Balaban J connectivity index is 2.75. The second-order valence-corrected chi connectivity index (χ2v) is 4.84. The van der Waals surface area contributed by atoms with Crippen LogP contribution in [0.15, 0.2) is 47.9 Å². The number of ether oxygens (including phenoxy) is 1. The third-order valence-corrected chi connectivity index (χ3v) is 3.53. The van der Waals surface area contributed by atoms with E-state index in [9.17, 15) is 9.59 Å². The number of rotatable bonds is 4. The van der Waals surface area contributed by atoms with Crippen LogP contribution < -0.4 is 0 Å². The quantitative estimate of drug-likeness (QED) is 0.529. The smallest absolute Gasteiger partial charge is 0.338 e. The van der Waals surface area contributed by atoms with Gasteiger partial charge in [0, 0.05) is 16.0 Å². The van der Waals surface area contributed by atoms with E-state index in [4.69, 9.17) is 4.74 Å². The Morgan fingerprint density at radius 3 is 2.67 bits per heavy atom. The maximum absolute atomic E-state index is 11.9. The molecule has 2 aromatic rings. The lowest BCUT2D eigenvalue weighted by atomic mass is 9.94. The van der Waals surface area contributed by atoms with Crippen LogP contribution in [-0.2, 0) is 4.74 Å². The number of hydrogen-bond donors (Lipinski definition) is 1. The lowest BCUT2D eigenvalue weighted by molar-refractivity contribution is 0.0601. The van der Waals surface area contributed by atoms with Crippen LogP contribution >= 0.6 is 12.6 Å². The van der Waals surface area contributed by atoms with Crippen molar-refractivity contribution in [1.29, 1.82) is 0 Å². The van der Waals surface area contributed by atoms with Crippen molar-refractivity contribution in [3.63, 3.8) is 0 Å². The van der Waals surface area contributed by atoms with Crippen molar-refractivity contribution in [1.82, 2.24) is 0 Å². The number of methoxy groups -OCH3 is 1. The van der Waals surface area contributed by atoms with Crippen molar-refractivity contribution in [2.45, 2.75) is 4.90 Å². The van der Waals surface area contributed by atoms with E-state index < -0.39 is 5.97 Å². The van der Waals surface area contributed by atoms with E-state index in [1.807, 2.05) is 6.07 Å². The Hall–Kier alpha value is -2.33. The summed E-state index contributed by atoms with van der Waals surface area (Å²) in [5.74, 6) is -0.467. The number of benzene rings is 2. The molecule has 21 heavy (non-hydrogen) atoms. The van der Waals surface area contributed by atoms with Crippen molar-refractivity contribution < 1.29 is 14.3 Å². The summed E-state index contributed by atoms with van der Waals surface area (Å²) in [5.41, 5.74) is 2.91. The van der Waals surface area contributed by atoms with Gasteiger partial charge in [0.05, 0.1) is 12.7 Å². The van der Waals surface area contributed by atoms with Crippen LogP contribution in [0.4, 0.5) is 0 Å². The molecule has 0 bridgehead atoms. The largest absolute Gasteiger partial charge is 0.465 e. The highest BCUT2D eigenvalue weighted by atomic mass is 32.1. The highest BCUT2D eigenvalue weighted by Gasteiger charge is 2.18. The zero-order valence-electron chi connectivity index (χ0n) is 11.5. The van der Waals surface area contributed by atoms with Crippen molar-refractivity contribution in [2.24, 2.45) is 0 Å². The van der Waals surface area contributed by atoms with Gasteiger partial charge in [-0.1, -0.05) is 30.9 Å². The molecule has 0 spiro atoms. The summed E-state index contributed by atoms with van der Waals surface area (Å²) in [7, 11) is 1.32. The number of aldehydes is 1.